The van der Waals surface area contributed by atoms with Crippen molar-refractivity contribution in [1.82, 2.24) is 0 Å². The summed E-state index contributed by atoms with van der Waals surface area (Å²) in [7, 11) is 0. The van der Waals surface area contributed by atoms with Gasteiger partial charge in [-0.15, -0.1) is 0 Å². The Kier molecular flexibility index (Phi) is 6.21. The van der Waals surface area contributed by atoms with Crippen molar-refractivity contribution in [2.75, 3.05) is 0 Å². The van der Waals surface area contributed by atoms with Gasteiger partial charge in [0.2, 0.25) is 0 Å². The van der Waals surface area contributed by atoms with Crippen LogP contribution in [0.4, 0.5) is 0 Å². The van der Waals surface area contributed by atoms with Crippen LogP contribution >= 0.6 is 0 Å². The number of hydrogen-bond donors (Lipinski definition) is 0. The summed E-state index contributed by atoms with van der Waals surface area (Å²) < 4.78 is 1.51. The first-order valence-corrected chi connectivity index (χ1v) is 10.3. The van der Waals surface area contributed by atoms with E-state index in [0.29, 0.717) is 5.92 Å². The zero-order valence-electron chi connectivity index (χ0n) is 15.8. The third kappa shape index (κ3) is 3.00. The van der Waals surface area contributed by atoms with E-state index in [-0.39, 0.29) is 24.8 Å². The second-order valence-corrected chi connectivity index (χ2v) is 8.55. The van der Waals surface area contributed by atoms with E-state index in [1.54, 1.807) is 0 Å². The molecule has 0 amide bonds. The molecule has 3 aromatic carbocycles. The molecule has 2 aliphatic carbocycles. The van der Waals surface area contributed by atoms with Gasteiger partial charge in [-0.25, -0.2) is 0 Å². The van der Waals surface area contributed by atoms with Gasteiger partial charge in [-0.2, -0.15) is 0 Å². The molecule has 3 heteroatoms. The van der Waals surface area contributed by atoms with Crippen molar-refractivity contribution in [3.63, 3.8) is 0 Å². The quantitative estimate of drug-likeness (QED) is 0.477. The van der Waals surface area contributed by atoms with Crippen molar-refractivity contribution in [3.8, 4) is 11.1 Å². The van der Waals surface area contributed by atoms with Crippen molar-refractivity contribution >= 4 is 8.85 Å². The van der Waals surface area contributed by atoms with Crippen molar-refractivity contribution in [3.05, 3.63) is 106 Å². The van der Waals surface area contributed by atoms with Gasteiger partial charge in [0.05, 0.1) is 0 Å². The number of benzene rings is 3. The SMILES string of the molecule is CC(C)=C1C(C2c3ccccc3-c3ccccc32)=[C]([Zr+2])c2ccccc21.[Cl-].[Cl-]. The number of fused-ring (bicyclic) bond motifs is 4. The van der Waals surface area contributed by atoms with Crippen LogP contribution in [0.25, 0.3) is 20.0 Å². The Morgan fingerprint density at radius 3 is 1.57 bits per heavy atom. The molecule has 0 spiro atoms. The van der Waals surface area contributed by atoms with Gasteiger partial charge in [-0.05, 0) is 0 Å². The summed E-state index contributed by atoms with van der Waals surface area (Å²) in [4.78, 5) is 0. The van der Waals surface area contributed by atoms with Gasteiger partial charge >= 0.3 is 171 Å². The Balaban J connectivity index is 0.00000112. The van der Waals surface area contributed by atoms with Crippen LogP contribution in [-0.2, 0) is 24.7 Å². The van der Waals surface area contributed by atoms with Crippen molar-refractivity contribution in [2.45, 2.75) is 19.8 Å². The van der Waals surface area contributed by atoms with Gasteiger partial charge in [0.15, 0.2) is 0 Å². The van der Waals surface area contributed by atoms with Gasteiger partial charge < -0.3 is 24.8 Å². The topological polar surface area (TPSA) is 0 Å². The van der Waals surface area contributed by atoms with E-state index in [0.717, 1.165) is 0 Å². The molecule has 0 saturated carbocycles. The zero-order chi connectivity index (χ0) is 17.8. The molecular formula is C25H19Cl2Zr. The van der Waals surface area contributed by atoms with Crippen LogP contribution in [0.15, 0.2) is 83.9 Å². The summed E-state index contributed by atoms with van der Waals surface area (Å²) >= 11 is 1.50. The Morgan fingerprint density at radius 1 is 0.643 bits per heavy atom. The van der Waals surface area contributed by atoms with Crippen LogP contribution in [0.5, 0.6) is 0 Å². The zero-order valence-corrected chi connectivity index (χ0v) is 19.7. The van der Waals surface area contributed by atoms with E-state index in [9.17, 15) is 0 Å². The maximum atomic E-state index is 2.32. The first-order valence-electron chi connectivity index (χ1n) is 9.10. The Bertz CT molecular complexity index is 1080. The van der Waals surface area contributed by atoms with Gasteiger partial charge in [-0.1, -0.05) is 0 Å². The molecule has 3 aromatic rings. The fourth-order valence-electron chi connectivity index (χ4n) is 4.63. The van der Waals surface area contributed by atoms with Crippen LogP contribution in [0, 0.1) is 0 Å². The van der Waals surface area contributed by atoms with E-state index >= 15 is 0 Å². The Morgan fingerprint density at radius 2 is 1.07 bits per heavy atom. The second-order valence-electron chi connectivity index (χ2n) is 7.32. The summed E-state index contributed by atoms with van der Waals surface area (Å²) in [6, 6.07) is 26.8. The standard InChI is InChI=1S/C25H19.2ClH.Zr/c1-16(2)24-18-10-4-3-9-17(18)15-23(24)25-21-13-7-5-11-19(21)20-12-6-8-14-22(20)25;;;/h3-14,25H,1-2H3;2*1H;/q;;;+2/p-2. The van der Waals surface area contributed by atoms with Crippen molar-refractivity contribution in [2.24, 2.45) is 0 Å². The molecule has 0 unspecified atom stereocenters. The minimum Gasteiger partial charge on any atom is -1.00 e. The molecule has 0 nitrogen and oxygen atoms in total. The molecule has 0 aliphatic heterocycles. The minimum atomic E-state index is 0. The van der Waals surface area contributed by atoms with Crippen LogP contribution < -0.4 is 24.8 Å². The third-order valence-electron chi connectivity index (χ3n) is 5.63. The van der Waals surface area contributed by atoms with Gasteiger partial charge in [-0.3, -0.25) is 0 Å². The summed E-state index contributed by atoms with van der Waals surface area (Å²) in [5.41, 5.74) is 12.9. The minimum absolute atomic E-state index is 0. The summed E-state index contributed by atoms with van der Waals surface area (Å²) in [6.07, 6.45) is 0. The van der Waals surface area contributed by atoms with Crippen LogP contribution in [0.1, 0.15) is 42.0 Å². The molecule has 2 aliphatic rings. The number of hydrogen-bond acceptors (Lipinski definition) is 0. The van der Waals surface area contributed by atoms with E-state index in [4.69, 9.17) is 0 Å². The second kappa shape index (κ2) is 8.15. The summed E-state index contributed by atoms with van der Waals surface area (Å²) in [6.45, 7) is 4.51. The van der Waals surface area contributed by atoms with Crippen LogP contribution in [0.2, 0.25) is 0 Å². The first kappa shape index (κ1) is 21.3. The fourth-order valence-corrected chi connectivity index (χ4v) is 5.83. The van der Waals surface area contributed by atoms with E-state index in [2.05, 4.69) is 86.6 Å². The summed E-state index contributed by atoms with van der Waals surface area (Å²) in [5, 5.41) is 0. The van der Waals surface area contributed by atoms with Gasteiger partial charge in [0.25, 0.3) is 0 Å². The molecule has 28 heavy (non-hydrogen) atoms. The molecule has 0 saturated heterocycles. The molecule has 0 heterocycles. The summed E-state index contributed by atoms with van der Waals surface area (Å²) in [5.74, 6) is 0.342. The van der Waals surface area contributed by atoms with E-state index < -0.39 is 0 Å². The average molecular weight is 482 g/mol. The van der Waals surface area contributed by atoms with Crippen molar-refractivity contribution in [1.29, 1.82) is 0 Å². The normalized spacial score (nSPS) is 14.1. The molecular weight excluding hydrogens is 462 g/mol. The maximum absolute atomic E-state index is 2.32. The molecule has 0 N–H and O–H groups in total. The first-order chi connectivity index (χ1) is 12.7. The number of rotatable bonds is 1. The molecule has 0 radical (unpaired) electrons. The van der Waals surface area contributed by atoms with Gasteiger partial charge in [0, 0.05) is 0 Å². The van der Waals surface area contributed by atoms with E-state index in [1.807, 2.05) is 0 Å². The average Bonchev–Trinajstić information content (AvgIpc) is 3.14. The molecule has 0 fully saturated rings. The number of allylic oxidation sites excluding steroid dienone is 3. The Hall–Kier alpha value is -1.40. The predicted octanol–water partition coefficient (Wildman–Crippen LogP) is 0.572. The molecule has 0 aromatic heterocycles. The molecule has 137 valence electrons. The smallest absolute Gasteiger partial charge is 1.00 e. The monoisotopic (exact) mass is 479 g/mol. The molecule has 0 bridgehead atoms. The van der Waals surface area contributed by atoms with Crippen molar-refractivity contribution < 1.29 is 49.5 Å². The van der Waals surface area contributed by atoms with Crippen LogP contribution in [0.3, 0.4) is 0 Å². The van der Waals surface area contributed by atoms with E-state index in [1.165, 1.54) is 78.1 Å². The third-order valence-corrected chi connectivity index (χ3v) is 6.95. The largest absolute Gasteiger partial charge is 1.00 e. The number of halogens is 2. The predicted molar refractivity (Wildman–Crippen MR) is 105 cm³/mol. The fraction of sp³-hybridized carbons (Fsp3) is 0.120. The van der Waals surface area contributed by atoms with Crippen LogP contribution in [-0.4, -0.2) is 0 Å². The molecule has 5 rings (SSSR count). The van der Waals surface area contributed by atoms with Gasteiger partial charge in [0.1, 0.15) is 0 Å². The molecule has 0 atom stereocenters. The Labute approximate surface area is 194 Å². The maximum Gasteiger partial charge on any atom is -1.00 e.